The van der Waals surface area contributed by atoms with Gasteiger partial charge in [-0.3, -0.25) is 19.8 Å². The number of hydrogen-bond donors (Lipinski definition) is 3. The maximum Gasteiger partial charge on any atom is 0.272 e. The van der Waals surface area contributed by atoms with E-state index in [-0.39, 0.29) is 24.4 Å². The number of carbonyl (C=O) groups is 1. The van der Waals surface area contributed by atoms with E-state index in [1.807, 2.05) is 18.3 Å². The average Bonchev–Trinajstić information content (AvgIpc) is 3.08. The molecule has 2 aromatic heterocycles. The van der Waals surface area contributed by atoms with Crippen molar-refractivity contribution in [3.05, 3.63) is 47.0 Å². The van der Waals surface area contributed by atoms with Gasteiger partial charge in [0.1, 0.15) is 0 Å². The summed E-state index contributed by atoms with van der Waals surface area (Å²) in [4.78, 5) is 19.4. The standard InChI is InChI=1S/C18H24N6O.ClH/c25-18(17-15-11-19-8-4-16(15)22-23-17)21-13-5-9-24(10-6-13)12-14-3-1-2-7-20-14;/h1-3,7,13,19H,4-6,8-12H2,(H,21,25)(H,22,23);1H. The molecule has 8 heteroatoms. The lowest BCUT2D eigenvalue weighted by molar-refractivity contribution is 0.0902. The molecule has 0 saturated carbocycles. The molecule has 2 aliphatic heterocycles. The van der Waals surface area contributed by atoms with E-state index in [0.29, 0.717) is 5.69 Å². The molecule has 2 aromatic rings. The van der Waals surface area contributed by atoms with Gasteiger partial charge in [-0.15, -0.1) is 12.4 Å². The van der Waals surface area contributed by atoms with E-state index >= 15 is 0 Å². The van der Waals surface area contributed by atoms with Crippen LogP contribution in [0.3, 0.4) is 0 Å². The van der Waals surface area contributed by atoms with Crippen molar-refractivity contribution in [1.29, 1.82) is 0 Å². The van der Waals surface area contributed by atoms with Crippen molar-refractivity contribution in [3.8, 4) is 0 Å². The minimum atomic E-state index is -0.0515. The van der Waals surface area contributed by atoms with Crippen LogP contribution in [0.4, 0.5) is 0 Å². The van der Waals surface area contributed by atoms with Gasteiger partial charge in [-0.1, -0.05) is 6.07 Å². The predicted molar refractivity (Wildman–Crippen MR) is 101 cm³/mol. The van der Waals surface area contributed by atoms with Crippen molar-refractivity contribution in [2.24, 2.45) is 0 Å². The van der Waals surface area contributed by atoms with Crippen LogP contribution in [0.2, 0.25) is 0 Å². The highest BCUT2D eigenvalue weighted by molar-refractivity contribution is 5.94. The van der Waals surface area contributed by atoms with E-state index in [9.17, 15) is 4.79 Å². The molecule has 0 radical (unpaired) electrons. The number of rotatable bonds is 4. The van der Waals surface area contributed by atoms with Gasteiger partial charge in [0.25, 0.3) is 5.91 Å². The van der Waals surface area contributed by atoms with Crippen LogP contribution in [-0.2, 0) is 19.5 Å². The molecule has 1 amide bonds. The molecule has 4 rings (SSSR count). The summed E-state index contributed by atoms with van der Waals surface area (Å²) >= 11 is 0. The molecule has 2 aliphatic rings. The zero-order chi connectivity index (χ0) is 17.1. The Morgan fingerprint density at radius 1 is 1.31 bits per heavy atom. The summed E-state index contributed by atoms with van der Waals surface area (Å²) in [5.41, 5.74) is 3.77. The van der Waals surface area contributed by atoms with Gasteiger partial charge in [0, 0.05) is 62.6 Å². The molecule has 0 atom stereocenters. The molecule has 1 saturated heterocycles. The lowest BCUT2D eigenvalue weighted by Gasteiger charge is -2.32. The second-order valence-electron chi connectivity index (χ2n) is 6.80. The third-order valence-corrected chi connectivity index (χ3v) is 5.06. The quantitative estimate of drug-likeness (QED) is 0.748. The SMILES string of the molecule is Cl.O=C(NC1CCN(Cc2ccccn2)CC1)c1n[nH]c2c1CNCC2. The number of aromatic amines is 1. The molecule has 3 N–H and O–H groups in total. The van der Waals surface area contributed by atoms with Crippen molar-refractivity contribution in [1.82, 2.24) is 30.7 Å². The number of aromatic nitrogens is 3. The normalized spacial score (nSPS) is 18.0. The smallest absolute Gasteiger partial charge is 0.272 e. The van der Waals surface area contributed by atoms with E-state index in [0.717, 1.165) is 68.9 Å². The molecule has 140 valence electrons. The number of pyridine rings is 1. The fraction of sp³-hybridized carbons (Fsp3) is 0.500. The summed E-state index contributed by atoms with van der Waals surface area (Å²) < 4.78 is 0. The molecule has 4 heterocycles. The Balaban J connectivity index is 0.00000196. The van der Waals surface area contributed by atoms with Crippen molar-refractivity contribution in [2.75, 3.05) is 19.6 Å². The van der Waals surface area contributed by atoms with Gasteiger partial charge in [-0.2, -0.15) is 5.10 Å². The monoisotopic (exact) mass is 376 g/mol. The Morgan fingerprint density at radius 2 is 2.15 bits per heavy atom. The van der Waals surface area contributed by atoms with Gasteiger partial charge >= 0.3 is 0 Å². The number of fused-ring (bicyclic) bond motifs is 1. The van der Waals surface area contributed by atoms with Gasteiger partial charge in [-0.25, -0.2) is 0 Å². The molecular formula is C18H25ClN6O. The topological polar surface area (TPSA) is 85.9 Å². The minimum absolute atomic E-state index is 0. The predicted octanol–water partition coefficient (Wildman–Crippen LogP) is 1.27. The Bertz CT molecular complexity index is 727. The zero-order valence-electron chi connectivity index (χ0n) is 14.7. The van der Waals surface area contributed by atoms with Gasteiger partial charge in [0.2, 0.25) is 0 Å². The number of nitrogens with zero attached hydrogens (tertiary/aromatic N) is 3. The zero-order valence-corrected chi connectivity index (χ0v) is 15.5. The summed E-state index contributed by atoms with van der Waals surface area (Å²) in [6.45, 7) is 4.48. The summed E-state index contributed by atoms with van der Waals surface area (Å²) in [6, 6.07) is 6.24. The Kier molecular flexibility index (Phi) is 6.24. The van der Waals surface area contributed by atoms with Gasteiger partial charge in [0.05, 0.1) is 5.69 Å². The highest BCUT2D eigenvalue weighted by Crippen LogP contribution is 2.17. The van der Waals surface area contributed by atoms with Gasteiger partial charge in [-0.05, 0) is 25.0 Å². The largest absolute Gasteiger partial charge is 0.348 e. The number of amides is 1. The van der Waals surface area contributed by atoms with Crippen LogP contribution in [0, 0.1) is 0 Å². The molecule has 0 spiro atoms. The third-order valence-electron chi connectivity index (χ3n) is 5.06. The molecule has 0 aliphatic carbocycles. The van der Waals surface area contributed by atoms with E-state index in [1.54, 1.807) is 0 Å². The highest BCUT2D eigenvalue weighted by atomic mass is 35.5. The summed E-state index contributed by atoms with van der Waals surface area (Å²) in [5.74, 6) is -0.0515. The van der Waals surface area contributed by atoms with E-state index in [2.05, 4.69) is 36.8 Å². The highest BCUT2D eigenvalue weighted by Gasteiger charge is 2.25. The average molecular weight is 377 g/mol. The fourth-order valence-corrected chi connectivity index (χ4v) is 3.62. The molecule has 1 fully saturated rings. The fourth-order valence-electron chi connectivity index (χ4n) is 3.62. The number of carbonyl (C=O) groups excluding carboxylic acids is 1. The number of piperidine rings is 1. The van der Waals surface area contributed by atoms with Crippen LogP contribution < -0.4 is 10.6 Å². The van der Waals surface area contributed by atoms with Gasteiger partial charge < -0.3 is 10.6 Å². The molecule has 0 aromatic carbocycles. The second kappa shape index (κ2) is 8.62. The molecule has 26 heavy (non-hydrogen) atoms. The maximum absolute atomic E-state index is 12.6. The van der Waals surface area contributed by atoms with Crippen molar-refractivity contribution in [3.63, 3.8) is 0 Å². The lowest BCUT2D eigenvalue weighted by atomic mass is 10.0. The number of nitrogens with one attached hydrogen (secondary N) is 3. The van der Waals surface area contributed by atoms with E-state index < -0.39 is 0 Å². The van der Waals surface area contributed by atoms with Crippen LogP contribution in [0.5, 0.6) is 0 Å². The lowest BCUT2D eigenvalue weighted by Crippen LogP contribution is -2.44. The first kappa shape index (κ1) is 18.8. The summed E-state index contributed by atoms with van der Waals surface area (Å²) in [6.07, 6.45) is 4.66. The number of H-pyrrole nitrogens is 1. The van der Waals surface area contributed by atoms with Crippen LogP contribution in [0.25, 0.3) is 0 Å². The first-order valence-corrected chi connectivity index (χ1v) is 8.99. The first-order chi connectivity index (χ1) is 12.3. The van der Waals surface area contributed by atoms with Crippen LogP contribution in [0.15, 0.2) is 24.4 Å². The van der Waals surface area contributed by atoms with Crippen molar-refractivity contribution >= 4 is 18.3 Å². The molecule has 0 bridgehead atoms. The number of halogens is 1. The van der Waals surface area contributed by atoms with E-state index in [4.69, 9.17) is 0 Å². The Labute approximate surface area is 159 Å². The third kappa shape index (κ3) is 4.23. The summed E-state index contributed by atoms with van der Waals surface area (Å²) in [7, 11) is 0. The first-order valence-electron chi connectivity index (χ1n) is 8.99. The Hall–Kier alpha value is -1.96. The summed E-state index contributed by atoms with van der Waals surface area (Å²) in [5, 5.41) is 13.7. The Morgan fingerprint density at radius 3 is 2.92 bits per heavy atom. The molecule has 0 unspecified atom stereocenters. The van der Waals surface area contributed by atoms with E-state index in [1.165, 1.54) is 0 Å². The molecular weight excluding hydrogens is 352 g/mol. The number of likely N-dealkylation sites (tertiary alicyclic amines) is 1. The minimum Gasteiger partial charge on any atom is -0.348 e. The van der Waals surface area contributed by atoms with Gasteiger partial charge in [0.15, 0.2) is 5.69 Å². The van der Waals surface area contributed by atoms with Crippen LogP contribution in [0.1, 0.15) is 40.3 Å². The van der Waals surface area contributed by atoms with Crippen molar-refractivity contribution in [2.45, 2.75) is 38.4 Å². The van der Waals surface area contributed by atoms with Crippen molar-refractivity contribution < 1.29 is 4.79 Å². The number of hydrogen-bond acceptors (Lipinski definition) is 5. The van der Waals surface area contributed by atoms with Crippen LogP contribution >= 0.6 is 12.4 Å². The molecule has 7 nitrogen and oxygen atoms in total. The second-order valence-corrected chi connectivity index (χ2v) is 6.80. The maximum atomic E-state index is 12.6. The van der Waals surface area contributed by atoms with Crippen LogP contribution in [-0.4, -0.2) is 51.7 Å².